The van der Waals surface area contributed by atoms with Crippen LogP contribution in [0.5, 0.6) is 0 Å². The highest BCUT2D eigenvalue weighted by atomic mass is 35.5. The summed E-state index contributed by atoms with van der Waals surface area (Å²) in [6.07, 6.45) is 1.94. The molecule has 2 heterocycles. The minimum atomic E-state index is -3.57. The molecule has 0 saturated carbocycles. The van der Waals surface area contributed by atoms with Crippen molar-refractivity contribution in [3.8, 4) is 0 Å². The Kier molecular flexibility index (Phi) is 5.46. The second-order valence-electron chi connectivity index (χ2n) is 5.82. The van der Waals surface area contributed by atoms with Crippen LogP contribution in [0.25, 0.3) is 0 Å². The molecule has 0 bridgehead atoms. The van der Waals surface area contributed by atoms with Gasteiger partial charge in [-0.2, -0.15) is 0 Å². The van der Waals surface area contributed by atoms with E-state index in [1.54, 1.807) is 0 Å². The summed E-state index contributed by atoms with van der Waals surface area (Å²) in [4.78, 5) is 12.2. The molecule has 0 radical (unpaired) electrons. The van der Waals surface area contributed by atoms with Gasteiger partial charge in [0, 0.05) is 18.2 Å². The maximum Gasteiger partial charge on any atom is 0.287 e. The van der Waals surface area contributed by atoms with Crippen molar-refractivity contribution in [2.24, 2.45) is 0 Å². The summed E-state index contributed by atoms with van der Waals surface area (Å²) in [5.41, 5.74) is 0. The molecule has 6 nitrogen and oxygen atoms in total. The van der Waals surface area contributed by atoms with Gasteiger partial charge in [0.15, 0.2) is 15.6 Å². The van der Waals surface area contributed by atoms with E-state index >= 15 is 0 Å². The number of sulfone groups is 1. The molecule has 1 aliphatic rings. The number of benzene rings is 1. The molecule has 1 aromatic heterocycles. The van der Waals surface area contributed by atoms with Crippen LogP contribution in [0.15, 0.2) is 45.7 Å². The van der Waals surface area contributed by atoms with Crippen LogP contribution >= 0.6 is 11.6 Å². The van der Waals surface area contributed by atoms with E-state index in [4.69, 9.17) is 20.8 Å². The molecule has 1 N–H and O–H groups in total. The number of furan rings is 1. The number of rotatable bonds is 6. The highest BCUT2D eigenvalue weighted by Gasteiger charge is 2.21. The average Bonchev–Trinajstić information content (AvgIpc) is 3.24. The Bertz CT molecular complexity index is 838. The van der Waals surface area contributed by atoms with Crippen LogP contribution in [-0.2, 0) is 20.3 Å². The number of halogens is 1. The van der Waals surface area contributed by atoms with E-state index in [0.717, 1.165) is 12.8 Å². The van der Waals surface area contributed by atoms with Crippen LogP contribution in [0.4, 0.5) is 0 Å². The molecular formula is C17H18ClNO5S. The Morgan fingerprint density at radius 3 is 2.64 bits per heavy atom. The topological polar surface area (TPSA) is 85.6 Å². The van der Waals surface area contributed by atoms with Gasteiger partial charge < -0.3 is 14.5 Å². The van der Waals surface area contributed by atoms with E-state index < -0.39 is 9.84 Å². The van der Waals surface area contributed by atoms with Gasteiger partial charge in [0.25, 0.3) is 5.91 Å². The highest BCUT2D eigenvalue weighted by Crippen LogP contribution is 2.20. The maximum absolute atomic E-state index is 12.4. The summed E-state index contributed by atoms with van der Waals surface area (Å²) in [6.45, 7) is 1.13. The van der Waals surface area contributed by atoms with Gasteiger partial charge in [0.1, 0.15) is 11.5 Å². The molecule has 0 spiro atoms. The van der Waals surface area contributed by atoms with Crippen molar-refractivity contribution >= 4 is 27.3 Å². The fourth-order valence-corrected chi connectivity index (χ4v) is 3.96. The molecule has 134 valence electrons. The first-order valence-electron chi connectivity index (χ1n) is 7.91. The van der Waals surface area contributed by atoms with Crippen molar-refractivity contribution in [2.45, 2.75) is 29.6 Å². The van der Waals surface area contributed by atoms with E-state index in [2.05, 4.69) is 5.32 Å². The molecule has 1 amide bonds. The number of amides is 1. The van der Waals surface area contributed by atoms with Gasteiger partial charge in [-0.3, -0.25) is 4.79 Å². The molecule has 1 saturated heterocycles. The molecule has 3 rings (SSSR count). The minimum Gasteiger partial charge on any atom is -0.455 e. The predicted molar refractivity (Wildman–Crippen MR) is 92.4 cm³/mol. The molecule has 0 unspecified atom stereocenters. The first kappa shape index (κ1) is 18.0. The van der Waals surface area contributed by atoms with Crippen LogP contribution in [0.2, 0.25) is 5.02 Å². The summed E-state index contributed by atoms with van der Waals surface area (Å²) in [7, 11) is -3.57. The molecule has 1 atom stereocenters. The molecule has 1 aromatic carbocycles. The minimum absolute atomic E-state index is 0.0312. The maximum atomic E-state index is 12.4. The second-order valence-corrected chi connectivity index (χ2v) is 8.25. The summed E-state index contributed by atoms with van der Waals surface area (Å²) in [6, 6.07) is 8.87. The molecule has 1 fully saturated rings. The molecule has 25 heavy (non-hydrogen) atoms. The Balaban J connectivity index is 1.62. The van der Waals surface area contributed by atoms with Crippen LogP contribution < -0.4 is 5.32 Å². The molecule has 2 aromatic rings. The third-order valence-corrected chi connectivity index (χ3v) is 5.81. The zero-order chi connectivity index (χ0) is 17.9. The summed E-state index contributed by atoms with van der Waals surface area (Å²) in [5.74, 6) is -0.421. The van der Waals surface area contributed by atoms with Crippen molar-refractivity contribution in [3.05, 3.63) is 52.9 Å². The smallest absolute Gasteiger partial charge is 0.287 e. The zero-order valence-electron chi connectivity index (χ0n) is 13.4. The van der Waals surface area contributed by atoms with Crippen molar-refractivity contribution in [1.29, 1.82) is 0 Å². The van der Waals surface area contributed by atoms with Crippen LogP contribution in [0.3, 0.4) is 0 Å². The van der Waals surface area contributed by atoms with E-state index in [1.807, 2.05) is 0 Å². The largest absolute Gasteiger partial charge is 0.455 e. The van der Waals surface area contributed by atoms with Gasteiger partial charge in [0.2, 0.25) is 0 Å². The van der Waals surface area contributed by atoms with Gasteiger partial charge in [-0.15, -0.1) is 0 Å². The number of nitrogens with one attached hydrogen (secondary N) is 1. The average molecular weight is 384 g/mol. The first-order chi connectivity index (χ1) is 11.9. The lowest BCUT2D eigenvalue weighted by atomic mass is 10.2. The quantitative estimate of drug-likeness (QED) is 0.828. The lowest BCUT2D eigenvalue weighted by Crippen LogP contribution is -2.31. The van der Waals surface area contributed by atoms with Crippen LogP contribution in [0, 0.1) is 0 Å². The first-order valence-corrected chi connectivity index (χ1v) is 9.94. The second kappa shape index (κ2) is 7.59. The van der Waals surface area contributed by atoms with Crippen molar-refractivity contribution in [2.75, 3.05) is 13.2 Å². The number of carbonyl (C=O) groups is 1. The number of ether oxygens (including phenoxy) is 1. The van der Waals surface area contributed by atoms with E-state index in [0.29, 0.717) is 18.2 Å². The third kappa shape index (κ3) is 4.62. The van der Waals surface area contributed by atoms with E-state index in [1.165, 1.54) is 36.4 Å². The number of carbonyl (C=O) groups excluding carboxylic acids is 1. The Morgan fingerprint density at radius 2 is 1.96 bits per heavy atom. The van der Waals surface area contributed by atoms with Crippen molar-refractivity contribution in [3.63, 3.8) is 0 Å². The Morgan fingerprint density at radius 1 is 1.20 bits per heavy atom. The summed E-state index contributed by atoms with van der Waals surface area (Å²) >= 11 is 5.77. The molecule has 0 aliphatic carbocycles. The lowest BCUT2D eigenvalue weighted by Gasteiger charge is -2.09. The SMILES string of the molecule is O=C(NC[C@@H]1CCCO1)c1ccc(CS(=O)(=O)c2ccc(Cl)cc2)o1. The van der Waals surface area contributed by atoms with Gasteiger partial charge in [-0.1, -0.05) is 11.6 Å². The van der Waals surface area contributed by atoms with Crippen molar-refractivity contribution in [1.82, 2.24) is 5.32 Å². The van der Waals surface area contributed by atoms with Gasteiger partial charge in [-0.05, 0) is 49.2 Å². The van der Waals surface area contributed by atoms with E-state index in [-0.39, 0.29) is 34.2 Å². The summed E-state index contributed by atoms with van der Waals surface area (Å²) < 4.78 is 35.6. The van der Waals surface area contributed by atoms with E-state index in [9.17, 15) is 13.2 Å². The third-order valence-electron chi connectivity index (χ3n) is 3.90. The molecular weight excluding hydrogens is 366 g/mol. The number of hydrogen-bond donors (Lipinski definition) is 1. The zero-order valence-corrected chi connectivity index (χ0v) is 15.0. The molecule has 1 aliphatic heterocycles. The fraction of sp³-hybridized carbons (Fsp3) is 0.353. The van der Waals surface area contributed by atoms with Crippen molar-refractivity contribution < 1.29 is 22.4 Å². The van der Waals surface area contributed by atoms with Crippen LogP contribution in [0.1, 0.15) is 29.2 Å². The monoisotopic (exact) mass is 383 g/mol. The standard InChI is InChI=1S/C17H18ClNO5S/c18-12-3-6-15(7-4-12)25(21,22)11-14-5-8-16(24-14)17(20)19-10-13-2-1-9-23-13/h3-8,13H,1-2,9-11H2,(H,19,20)/t13-/m0/s1. The van der Waals surface area contributed by atoms with Crippen LogP contribution in [-0.4, -0.2) is 33.6 Å². The number of hydrogen-bond acceptors (Lipinski definition) is 5. The Labute approximate surface area is 151 Å². The Hall–Kier alpha value is -1.83. The van der Waals surface area contributed by atoms with Gasteiger partial charge in [0.05, 0.1) is 11.0 Å². The predicted octanol–water partition coefficient (Wildman–Crippen LogP) is 2.82. The normalized spacial score (nSPS) is 17.6. The summed E-state index contributed by atoms with van der Waals surface area (Å²) in [5, 5.41) is 3.19. The van der Waals surface area contributed by atoms with Gasteiger partial charge >= 0.3 is 0 Å². The highest BCUT2D eigenvalue weighted by molar-refractivity contribution is 7.90. The lowest BCUT2D eigenvalue weighted by molar-refractivity contribution is 0.0834. The fourth-order valence-electron chi connectivity index (χ4n) is 2.59. The van der Waals surface area contributed by atoms with Gasteiger partial charge in [-0.25, -0.2) is 8.42 Å². The molecule has 8 heteroatoms.